The van der Waals surface area contributed by atoms with E-state index in [0.717, 1.165) is 50.6 Å². The molecule has 5 nitrogen and oxygen atoms in total. The van der Waals surface area contributed by atoms with Crippen molar-refractivity contribution in [2.24, 2.45) is 0 Å². The van der Waals surface area contributed by atoms with E-state index in [1.807, 2.05) is 31.2 Å². The molecule has 1 fully saturated rings. The van der Waals surface area contributed by atoms with Gasteiger partial charge < -0.3 is 14.8 Å². The van der Waals surface area contributed by atoms with Crippen molar-refractivity contribution in [1.82, 2.24) is 10.2 Å². The first-order valence-electron chi connectivity index (χ1n) is 10.6. The van der Waals surface area contributed by atoms with E-state index >= 15 is 0 Å². The van der Waals surface area contributed by atoms with Crippen molar-refractivity contribution in [2.45, 2.75) is 45.9 Å². The van der Waals surface area contributed by atoms with Crippen molar-refractivity contribution in [3.63, 3.8) is 0 Å². The maximum Gasteiger partial charge on any atom is 0.261 e. The van der Waals surface area contributed by atoms with Crippen molar-refractivity contribution in [2.75, 3.05) is 26.3 Å². The third-order valence-electron chi connectivity index (χ3n) is 5.27. The molecular weight excluding hydrogens is 364 g/mol. The fourth-order valence-corrected chi connectivity index (χ4v) is 3.37. The first kappa shape index (κ1) is 21.3. The van der Waals surface area contributed by atoms with Crippen LogP contribution in [-0.2, 0) is 29.0 Å². The number of benzene rings is 2. The lowest BCUT2D eigenvalue weighted by Crippen LogP contribution is -2.37. The molecule has 0 saturated carbocycles. The molecule has 2 aromatic carbocycles. The number of aryl methyl sites for hydroxylation is 1. The number of carbonyl (C=O) groups excluding carboxylic acids is 1. The van der Waals surface area contributed by atoms with Crippen LogP contribution in [0.2, 0.25) is 0 Å². The van der Waals surface area contributed by atoms with Gasteiger partial charge >= 0.3 is 0 Å². The predicted molar refractivity (Wildman–Crippen MR) is 115 cm³/mol. The van der Waals surface area contributed by atoms with Gasteiger partial charge in [0.25, 0.3) is 5.91 Å². The number of hydrogen-bond donors (Lipinski definition) is 1. The lowest BCUT2D eigenvalue weighted by molar-refractivity contribution is -0.128. The zero-order valence-corrected chi connectivity index (χ0v) is 17.5. The molecule has 0 aliphatic carbocycles. The van der Waals surface area contributed by atoms with Gasteiger partial charge in [0, 0.05) is 26.2 Å². The third kappa shape index (κ3) is 6.58. The first-order chi connectivity index (χ1) is 14.2. The quantitative estimate of drug-likeness (QED) is 0.704. The predicted octanol–water partition coefficient (Wildman–Crippen LogP) is 3.56. The molecule has 0 spiro atoms. The second kappa shape index (κ2) is 11.0. The molecule has 1 aliphatic heterocycles. The van der Waals surface area contributed by atoms with Crippen LogP contribution in [-0.4, -0.2) is 43.2 Å². The molecule has 0 unspecified atom stereocenters. The molecule has 1 atom stereocenters. The van der Waals surface area contributed by atoms with Crippen LogP contribution < -0.4 is 10.1 Å². The summed E-state index contributed by atoms with van der Waals surface area (Å²) in [6.45, 7) is 9.12. The molecule has 0 bridgehead atoms. The zero-order chi connectivity index (χ0) is 20.5. The molecule has 0 aromatic heterocycles. The van der Waals surface area contributed by atoms with Crippen LogP contribution in [0.15, 0.2) is 48.5 Å². The Bertz CT molecular complexity index is 753. The van der Waals surface area contributed by atoms with Gasteiger partial charge in [-0.2, -0.15) is 0 Å². The fourth-order valence-electron chi connectivity index (χ4n) is 3.37. The molecule has 1 aliphatic rings. The summed E-state index contributed by atoms with van der Waals surface area (Å²) >= 11 is 0. The molecule has 5 heteroatoms. The van der Waals surface area contributed by atoms with Crippen LogP contribution in [0.1, 0.15) is 37.0 Å². The maximum absolute atomic E-state index is 12.6. The summed E-state index contributed by atoms with van der Waals surface area (Å²) < 4.78 is 11.3. The van der Waals surface area contributed by atoms with E-state index < -0.39 is 6.10 Å². The molecule has 2 aromatic rings. The van der Waals surface area contributed by atoms with Crippen LogP contribution in [0.3, 0.4) is 0 Å². The lowest BCUT2D eigenvalue weighted by atomic mass is 10.1. The van der Waals surface area contributed by atoms with E-state index in [1.165, 1.54) is 11.1 Å². The van der Waals surface area contributed by atoms with Crippen LogP contribution >= 0.6 is 0 Å². The Kier molecular flexibility index (Phi) is 8.08. The van der Waals surface area contributed by atoms with E-state index in [4.69, 9.17) is 9.47 Å². The molecular formula is C24H32N2O3. The van der Waals surface area contributed by atoms with Gasteiger partial charge in [0.05, 0.1) is 13.2 Å². The van der Waals surface area contributed by atoms with Gasteiger partial charge in [0.15, 0.2) is 6.10 Å². The lowest BCUT2D eigenvalue weighted by Gasteiger charge is -2.26. The van der Waals surface area contributed by atoms with Gasteiger partial charge in [-0.1, -0.05) is 50.2 Å². The minimum absolute atomic E-state index is 0.0792. The molecule has 3 rings (SSSR count). The van der Waals surface area contributed by atoms with Gasteiger partial charge in [-0.05, 0) is 41.7 Å². The Morgan fingerprint density at radius 1 is 1.00 bits per heavy atom. The van der Waals surface area contributed by atoms with Crippen LogP contribution in [0.25, 0.3) is 0 Å². The van der Waals surface area contributed by atoms with Gasteiger partial charge in [0.2, 0.25) is 0 Å². The van der Waals surface area contributed by atoms with E-state index in [0.29, 0.717) is 13.0 Å². The summed E-state index contributed by atoms with van der Waals surface area (Å²) in [4.78, 5) is 14.9. The molecule has 1 heterocycles. The Morgan fingerprint density at radius 2 is 1.62 bits per heavy atom. The van der Waals surface area contributed by atoms with Crippen molar-refractivity contribution in [3.05, 3.63) is 65.2 Å². The van der Waals surface area contributed by atoms with Crippen molar-refractivity contribution < 1.29 is 14.3 Å². The average Bonchev–Trinajstić information content (AvgIpc) is 2.78. The number of carbonyl (C=O) groups is 1. The summed E-state index contributed by atoms with van der Waals surface area (Å²) in [5, 5.41) is 3.00. The molecule has 156 valence electrons. The van der Waals surface area contributed by atoms with Gasteiger partial charge in [-0.15, -0.1) is 0 Å². The number of nitrogens with zero attached hydrogens (tertiary/aromatic N) is 1. The van der Waals surface area contributed by atoms with Gasteiger partial charge in [-0.25, -0.2) is 0 Å². The Balaban J connectivity index is 1.47. The Morgan fingerprint density at radius 3 is 2.24 bits per heavy atom. The van der Waals surface area contributed by atoms with Crippen LogP contribution in [0, 0.1) is 0 Å². The average molecular weight is 397 g/mol. The van der Waals surface area contributed by atoms with E-state index in [2.05, 4.69) is 41.4 Å². The number of amides is 1. The highest BCUT2D eigenvalue weighted by molar-refractivity contribution is 5.81. The fraction of sp³-hybridized carbons (Fsp3) is 0.458. The minimum atomic E-state index is -0.483. The summed E-state index contributed by atoms with van der Waals surface area (Å²) in [6, 6.07) is 16.4. The Labute approximate surface area is 174 Å². The first-order valence-corrected chi connectivity index (χ1v) is 10.6. The number of morpholine rings is 1. The molecule has 0 radical (unpaired) electrons. The number of hydrogen-bond acceptors (Lipinski definition) is 4. The van der Waals surface area contributed by atoms with E-state index in [9.17, 15) is 4.79 Å². The second-order valence-electron chi connectivity index (χ2n) is 7.44. The summed E-state index contributed by atoms with van der Waals surface area (Å²) in [5.41, 5.74) is 3.63. The van der Waals surface area contributed by atoms with Crippen molar-refractivity contribution in [1.29, 1.82) is 0 Å². The van der Waals surface area contributed by atoms with Gasteiger partial charge in [-0.3, -0.25) is 9.69 Å². The summed E-state index contributed by atoms with van der Waals surface area (Å²) in [5.74, 6) is 0.654. The standard InChI is InChI=1S/C24H32N2O3/c1-3-19-9-11-22(12-10-19)29-23(4-2)24(27)25-17-20-5-7-21(8-6-20)18-26-13-15-28-16-14-26/h5-12,23H,3-4,13-18H2,1-2H3,(H,25,27)/t23-/m0/s1. The van der Waals surface area contributed by atoms with Gasteiger partial charge in [0.1, 0.15) is 5.75 Å². The summed E-state index contributed by atoms with van der Waals surface area (Å²) in [6.07, 6.45) is 1.13. The van der Waals surface area contributed by atoms with Crippen molar-refractivity contribution >= 4 is 5.91 Å². The third-order valence-corrected chi connectivity index (χ3v) is 5.27. The topological polar surface area (TPSA) is 50.8 Å². The van der Waals surface area contributed by atoms with Crippen molar-refractivity contribution in [3.8, 4) is 5.75 Å². The zero-order valence-electron chi connectivity index (χ0n) is 17.5. The Hall–Kier alpha value is -2.37. The highest BCUT2D eigenvalue weighted by Gasteiger charge is 2.18. The maximum atomic E-state index is 12.6. The summed E-state index contributed by atoms with van der Waals surface area (Å²) in [7, 11) is 0. The number of nitrogens with one attached hydrogen (secondary N) is 1. The second-order valence-corrected chi connectivity index (χ2v) is 7.44. The molecule has 1 N–H and O–H groups in total. The van der Waals surface area contributed by atoms with Crippen LogP contribution in [0.4, 0.5) is 0 Å². The SMILES string of the molecule is CCc1ccc(O[C@@H](CC)C(=O)NCc2ccc(CN3CCOCC3)cc2)cc1. The van der Waals surface area contributed by atoms with E-state index in [-0.39, 0.29) is 5.91 Å². The molecule has 1 saturated heterocycles. The highest BCUT2D eigenvalue weighted by Crippen LogP contribution is 2.16. The number of rotatable bonds is 9. The molecule has 29 heavy (non-hydrogen) atoms. The highest BCUT2D eigenvalue weighted by atomic mass is 16.5. The normalized spacial score (nSPS) is 15.7. The number of ether oxygens (including phenoxy) is 2. The van der Waals surface area contributed by atoms with Crippen LogP contribution in [0.5, 0.6) is 5.75 Å². The largest absolute Gasteiger partial charge is 0.481 e. The minimum Gasteiger partial charge on any atom is -0.481 e. The monoisotopic (exact) mass is 396 g/mol. The molecule has 1 amide bonds. The van der Waals surface area contributed by atoms with E-state index in [1.54, 1.807) is 0 Å². The smallest absolute Gasteiger partial charge is 0.261 e.